The Hall–Kier alpha value is -2.56. The highest BCUT2D eigenvalue weighted by atomic mass is 19.1. The number of hydrogen-bond donors (Lipinski definition) is 0. The van der Waals surface area contributed by atoms with Crippen molar-refractivity contribution in [3.63, 3.8) is 0 Å². The Kier molecular flexibility index (Phi) is 3.48. The van der Waals surface area contributed by atoms with Gasteiger partial charge in [-0.25, -0.2) is 4.39 Å². The summed E-state index contributed by atoms with van der Waals surface area (Å²) < 4.78 is 25.9. The number of halogens is 1. The molecule has 0 amide bonds. The molecule has 108 valence electrons. The number of methoxy groups -OCH3 is 2. The zero-order valence-corrected chi connectivity index (χ0v) is 11.8. The van der Waals surface area contributed by atoms with Crippen molar-refractivity contribution in [2.45, 2.75) is 6.54 Å². The molecule has 0 spiro atoms. The molecule has 5 heteroatoms. The molecule has 0 unspecified atom stereocenters. The summed E-state index contributed by atoms with van der Waals surface area (Å²) in [5.41, 5.74) is 1.71. The standard InChI is InChI=1S/C16H15FN2O2/c1-20-15-5-7-18-13(16(15)21-2)10-19-8-6-11-9-12(17)3-4-14(11)19/h3-9H,10H2,1-2H3. The first-order chi connectivity index (χ1) is 10.2. The van der Waals surface area contributed by atoms with Gasteiger partial charge >= 0.3 is 0 Å². The molecule has 0 radical (unpaired) electrons. The van der Waals surface area contributed by atoms with E-state index in [9.17, 15) is 4.39 Å². The maximum absolute atomic E-state index is 13.2. The minimum Gasteiger partial charge on any atom is -0.493 e. The molecule has 0 aliphatic carbocycles. The first-order valence-corrected chi connectivity index (χ1v) is 6.53. The van der Waals surface area contributed by atoms with Crippen LogP contribution in [0.3, 0.4) is 0 Å². The number of hydrogen-bond acceptors (Lipinski definition) is 3. The Balaban J connectivity index is 2.03. The van der Waals surface area contributed by atoms with Crippen LogP contribution in [0.25, 0.3) is 10.9 Å². The Morgan fingerprint density at radius 2 is 2.00 bits per heavy atom. The molecule has 2 aromatic heterocycles. The molecule has 0 saturated carbocycles. The van der Waals surface area contributed by atoms with Crippen LogP contribution >= 0.6 is 0 Å². The Labute approximate surface area is 121 Å². The number of pyridine rings is 1. The van der Waals surface area contributed by atoms with E-state index in [2.05, 4.69) is 4.98 Å². The van der Waals surface area contributed by atoms with Gasteiger partial charge in [-0.05, 0) is 24.3 Å². The minimum atomic E-state index is -0.239. The maximum Gasteiger partial charge on any atom is 0.184 e. The molecule has 3 rings (SSSR count). The summed E-state index contributed by atoms with van der Waals surface area (Å²) in [6.45, 7) is 0.523. The van der Waals surface area contributed by atoms with Crippen LogP contribution in [0.1, 0.15) is 5.69 Å². The lowest BCUT2D eigenvalue weighted by molar-refractivity contribution is 0.348. The van der Waals surface area contributed by atoms with Crippen LogP contribution < -0.4 is 9.47 Å². The lowest BCUT2D eigenvalue weighted by atomic mass is 10.2. The first-order valence-electron chi connectivity index (χ1n) is 6.53. The van der Waals surface area contributed by atoms with Crippen molar-refractivity contribution >= 4 is 10.9 Å². The van der Waals surface area contributed by atoms with Gasteiger partial charge in [0.2, 0.25) is 0 Å². The SMILES string of the molecule is COc1ccnc(Cn2ccc3cc(F)ccc32)c1OC. The van der Waals surface area contributed by atoms with E-state index in [0.29, 0.717) is 18.0 Å². The van der Waals surface area contributed by atoms with Crippen LogP contribution in [0.5, 0.6) is 11.5 Å². The summed E-state index contributed by atoms with van der Waals surface area (Å²) in [6, 6.07) is 8.37. The third kappa shape index (κ3) is 2.42. The molecule has 21 heavy (non-hydrogen) atoms. The molecule has 4 nitrogen and oxygen atoms in total. The monoisotopic (exact) mass is 286 g/mol. The van der Waals surface area contributed by atoms with Crippen LogP contribution in [-0.4, -0.2) is 23.8 Å². The van der Waals surface area contributed by atoms with E-state index in [1.54, 1.807) is 32.5 Å². The normalized spacial score (nSPS) is 10.8. The number of aromatic nitrogens is 2. The van der Waals surface area contributed by atoms with Crippen molar-refractivity contribution in [1.29, 1.82) is 0 Å². The molecule has 0 atom stereocenters. The van der Waals surface area contributed by atoms with Crippen molar-refractivity contribution in [2.75, 3.05) is 14.2 Å². The second kappa shape index (κ2) is 5.44. The van der Waals surface area contributed by atoms with Gasteiger partial charge in [0.05, 0.1) is 20.8 Å². The predicted octanol–water partition coefficient (Wildman–Crippen LogP) is 3.24. The molecule has 1 aromatic carbocycles. The molecule has 0 aliphatic rings. The summed E-state index contributed by atoms with van der Waals surface area (Å²) in [5.74, 6) is 1.02. The molecule has 3 aromatic rings. The minimum absolute atomic E-state index is 0.239. The average Bonchev–Trinajstić information content (AvgIpc) is 2.89. The lowest BCUT2D eigenvalue weighted by Crippen LogP contribution is -2.04. The Morgan fingerprint density at radius 3 is 2.76 bits per heavy atom. The molecular weight excluding hydrogens is 271 g/mol. The molecule has 0 saturated heterocycles. The highest BCUT2D eigenvalue weighted by Crippen LogP contribution is 2.30. The van der Waals surface area contributed by atoms with E-state index in [1.807, 2.05) is 16.8 Å². The van der Waals surface area contributed by atoms with E-state index < -0.39 is 0 Å². The predicted molar refractivity (Wildman–Crippen MR) is 78.3 cm³/mol. The molecule has 2 heterocycles. The summed E-state index contributed by atoms with van der Waals surface area (Å²) in [7, 11) is 3.18. The molecule has 0 bridgehead atoms. The number of nitrogens with zero attached hydrogens (tertiary/aromatic N) is 2. The van der Waals surface area contributed by atoms with E-state index in [0.717, 1.165) is 16.6 Å². The maximum atomic E-state index is 13.2. The number of benzene rings is 1. The fourth-order valence-electron chi connectivity index (χ4n) is 2.43. The largest absolute Gasteiger partial charge is 0.493 e. The van der Waals surface area contributed by atoms with Crippen molar-refractivity contribution in [3.05, 3.63) is 54.2 Å². The van der Waals surface area contributed by atoms with Crippen molar-refractivity contribution in [1.82, 2.24) is 9.55 Å². The second-order valence-corrected chi connectivity index (χ2v) is 4.64. The van der Waals surface area contributed by atoms with Crippen LogP contribution in [-0.2, 0) is 6.54 Å². The van der Waals surface area contributed by atoms with Gasteiger partial charge in [0.15, 0.2) is 11.5 Å². The van der Waals surface area contributed by atoms with Gasteiger partial charge in [0.1, 0.15) is 11.5 Å². The number of rotatable bonds is 4. The fraction of sp³-hybridized carbons (Fsp3) is 0.188. The zero-order valence-electron chi connectivity index (χ0n) is 11.8. The summed E-state index contributed by atoms with van der Waals surface area (Å²) in [6.07, 6.45) is 3.59. The van der Waals surface area contributed by atoms with E-state index in [1.165, 1.54) is 12.1 Å². The highest BCUT2D eigenvalue weighted by Gasteiger charge is 2.12. The van der Waals surface area contributed by atoms with Gasteiger partial charge < -0.3 is 14.0 Å². The van der Waals surface area contributed by atoms with Gasteiger partial charge in [0, 0.05) is 29.4 Å². The van der Waals surface area contributed by atoms with E-state index in [4.69, 9.17) is 9.47 Å². The van der Waals surface area contributed by atoms with Gasteiger partial charge in [-0.15, -0.1) is 0 Å². The molecule has 0 N–H and O–H groups in total. The molecule has 0 aliphatic heterocycles. The molecular formula is C16H15FN2O2. The second-order valence-electron chi connectivity index (χ2n) is 4.64. The first kappa shape index (κ1) is 13.4. The molecule has 0 fully saturated rings. The fourth-order valence-corrected chi connectivity index (χ4v) is 2.43. The zero-order chi connectivity index (χ0) is 14.8. The number of fused-ring (bicyclic) bond motifs is 1. The van der Waals surface area contributed by atoms with Crippen molar-refractivity contribution < 1.29 is 13.9 Å². The van der Waals surface area contributed by atoms with Crippen molar-refractivity contribution in [2.24, 2.45) is 0 Å². The van der Waals surface area contributed by atoms with Gasteiger partial charge in [0.25, 0.3) is 0 Å². The van der Waals surface area contributed by atoms with Crippen LogP contribution in [0, 0.1) is 5.82 Å². The quantitative estimate of drug-likeness (QED) is 0.738. The van der Waals surface area contributed by atoms with Gasteiger partial charge in [-0.3, -0.25) is 4.98 Å². The third-order valence-electron chi connectivity index (χ3n) is 3.42. The Bertz CT molecular complexity index is 783. The topological polar surface area (TPSA) is 36.3 Å². The van der Waals surface area contributed by atoms with Crippen LogP contribution in [0.4, 0.5) is 4.39 Å². The number of ether oxygens (including phenoxy) is 2. The summed E-state index contributed by atoms with van der Waals surface area (Å²) >= 11 is 0. The van der Waals surface area contributed by atoms with E-state index >= 15 is 0 Å². The third-order valence-corrected chi connectivity index (χ3v) is 3.42. The van der Waals surface area contributed by atoms with Crippen LogP contribution in [0.15, 0.2) is 42.7 Å². The summed E-state index contributed by atoms with van der Waals surface area (Å²) in [4.78, 5) is 4.36. The van der Waals surface area contributed by atoms with Crippen LogP contribution in [0.2, 0.25) is 0 Å². The van der Waals surface area contributed by atoms with Gasteiger partial charge in [-0.2, -0.15) is 0 Å². The van der Waals surface area contributed by atoms with Crippen molar-refractivity contribution in [3.8, 4) is 11.5 Å². The van der Waals surface area contributed by atoms with E-state index in [-0.39, 0.29) is 5.82 Å². The average molecular weight is 286 g/mol. The smallest absolute Gasteiger partial charge is 0.184 e. The highest BCUT2D eigenvalue weighted by molar-refractivity contribution is 5.80. The Morgan fingerprint density at radius 1 is 1.14 bits per heavy atom. The summed E-state index contributed by atoms with van der Waals surface area (Å²) in [5, 5.41) is 0.858. The lowest BCUT2D eigenvalue weighted by Gasteiger charge is -2.12. The van der Waals surface area contributed by atoms with Gasteiger partial charge in [-0.1, -0.05) is 0 Å².